The summed E-state index contributed by atoms with van der Waals surface area (Å²) in [4.78, 5) is 2.41. The molecule has 0 aromatic heterocycles. The van der Waals surface area contributed by atoms with E-state index >= 15 is 0 Å². The number of methoxy groups -OCH3 is 1. The zero-order valence-corrected chi connectivity index (χ0v) is 17.3. The number of halogens is 1. The molecule has 1 aromatic rings. The Morgan fingerprint density at radius 3 is 2.61 bits per heavy atom. The third-order valence-corrected chi connectivity index (χ3v) is 6.00. The number of benzene rings is 1. The normalized spacial score (nSPS) is 32.4. The number of fused-ring (bicyclic) bond motifs is 3. The molecule has 0 bridgehead atoms. The quantitative estimate of drug-likeness (QED) is 0.832. The SMILES string of the molecule is COc1cc2c(cc1OCC1CC1F)CCN1CC(OC(C)(C)C)C(O)CC21. The van der Waals surface area contributed by atoms with Crippen molar-refractivity contribution in [3.05, 3.63) is 23.3 Å². The van der Waals surface area contributed by atoms with Crippen molar-refractivity contribution >= 4 is 0 Å². The minimum absolute atomic E-state index is 0.0180. The zero-order chi connectivity index (χ0) is 20.1. The lowest BCUT2D eigenvalue weighted by Gasteiger charge is -2.46. The van der Waals surface area contributed by atoms with Crippen molar-refractivity contribution in [3.8, 4) is 11.5 Å². The van der Waals surface area contributed by atoms with Gasteiger partial charge in [-0.2, -0.15) is 0 Å². The summed E-state index contributed by atoms with van der Waals surface area (Å²) >= 11 is 0. The van der Waals surface area contributed by atoms with Crippen molar-refractivity contribution in [2.75, 3.05) is 26.8 Å². The first-order valence-corrected chi connectivity index (χ1v) is 10.3. The molecule has 2 aliphatic heterocycles. The van der Waals surface area contributed by atoms with E-state index in [1.807, 2.05) is 32.9 Å². The lowest BCUT2D eigenvalue weighted by atomic mass is 9.84. The molecule has 1 saturated carbocycles. The van der Waals surface area contributed by atoms with Gasteiger partial charge in [0.05, 0.1) is 31.5 Å². The predicted molar refractivity (Wildman–Crippen MR) is 105 cm³/mol. The second-order valence-electron chi connectivity index (χ2n) is 9.36. The number of piperidine rings is 1. The van der Waals surface area contributed by atoms with Crippen LogP contribution in [-0.4, -0.2) is 60.8 Å². The summed E-state index contributed by atoms with van der Waals surface area (Å²) in [6.07, 6.45) is 0.769. The minimum Gasteiger partial charge on any atom is -0.493 e. The summed E-state index contributed by atoms with van der Waals surface area (Å²) in [6, 6.07) is 4.24. The highest BCUT2D eigenvalue weighted by molar-refractivity contribution is 5.49. The van der Waals surface area contributed by atoms with E-state index in [2.05, 4.69) is 4.90 Å². The first-order chi connectivity index (χ1) is 13.2. The molecule has 1 N–H and O–H groups in total. The molecule has 2 heterocycles. The monoisotopic (exact) mass is 393 g/mol. The fourth-order valence-corrected chi connectivity index (χ4v) is 4.41. The molecule has 1 aromatic carbocycles. The lowest BCUT2D eigenvalue weighted by Crippen LogP contribution is -2.53. The second kappa shape index (κ2) is 7.47. The van der Waals surface area contributed by atoms with Gasteiger partial charge in [0.25, 0.3) is 0 Å². The molecule has 5 nitrogen and oxygen atoms in total. The Bertz CT molecular complexity index is 719. The Morgan fingerprint density at radius 2 is 1.96 bits per heavy atom. The third-order valence-electron chi connectivity index (χ3n) is 6.00. The van der Waals surface area contributed by atoms with Crippen LogP contribution in [0.25, 0.3) is 0 Å². The Kier molecular flexibility index (Phi) is 5.31. The largest absolute Gasteiger partial charge is 0.493 e. The zero-order valence-electron chi connectivity index (χ0n) is 17.3. The van der Waals surface area contributed by atoms with E-state index in [1.165, 1.54) is 11.1 Å². The van der Waals surface area contributed by atoms with Crippen LogP contribution in [0.2, 0.25) is 0 Å². The summed E-state index contributed by atoms with van der Waals surface area (Å²) in [5, 5.41) is 10.7. The fraction of sp³-hybridized carbons (Fsp3) is 0.727. The van der Waals surface area contributed by atoms with Crippen molar-refractivity contribution in [1.82, 2.24) is 4.90 Å². The van der Waals surface area contributed by atoms with E-state index in [4.69, 9.17) is 14.2 Å². The highest BCUT2D eigenvalue weighted by atomic mass is 19.1. The number of aliphatic hydroxyl groups excluding tert-OH is 1. The van der Waals surface area contributed by atoms with Gasteiger partial charge in [-0.1, -0.05) is 0 Å². The maximum absolute atomic E-state index is 13.1. The molecule has 0 spiro atoms. The Hall–Kier alpha value is -1.37. The van der Waals surface area contributed by atoms with Gasteiger partial charge in [0.1, 0.15) is 6.17 Å². The highest BCUT2D eigenvalue weighted by Gasteiger charge is 2.41. The number of nitrogens with zero attached hydrogens (tertiary/aromatic N) is 1. The number of aliphatic hydroxyl groups is 1. The van der Waals surface area contributed by atoms with Gasteiger partial charge in [-0.05, 0) is 63.3 Å². The molecule has 1 saturated heterocycles. The Balaban J connectivity index is 1.52. The molecule has 156 valence electrons. The van der Waals surface area contributed by atoms with E-state index in [9.17, 15) is 9.50 Å². The molecule has 2 fully saturated rings. The van der Waals surface area contributed by atoms with Crippen LogP contribution in [0.3, 0.4) is 0 Å². The topological polar surface area (TPSA) is 51.2 Å². The number of hydrogen-bond donors (Lipinski definition) is 1. The lowest BCUT2D eigenvalue weighted by molar-refractivity contribution is -0.149. The van der Waals surface area contributed by atoms with Crippen LogP contribution in [0, 0.1) is 5.92 Å². The van der Waals surface area contributed by atoms with Crippen LogP contribution in [0.4, 0.5) is 4.39 Å². The van der Waals surface area contributed by atoms with Gasteiger partial charge in [0.2, 0.25) is 0 Å². The standard InChI is InChI=1S/C22H32FNO4/c1-22(2,3)28-21-11-24-6-5-13-8-20(27-12-14-7-16(14)23)19(26-4)9-15(13)17(24)10-18(21)25/h8-9,14,16-18,21,25H,5-7,10-12H2,1-4H3. The van der Waals surface area contributed by atoms with Crippen molar-refractivity contribution in [2.24, 2.45) is 5.92 Å². The third kappa shape index (κ3) is 4.14. The van der Waals surface area contributed by atoms with Gasteiger partial charge in [0.15, 0.2) is 11.5 Å². The Labute approximate surface area is 166 Å². The number of hydrogen-bond acceptors (Lipinski definition) is 5. The van der Waals surface area contributed by atoms with Crippen LogP contribution >= 0.6 is 0 Å². The van der Waals surface area contributed by atoms with Gasteiger partial charge >= 0.3 is 0 Å². The maximum Gasteiger partial charge on any atom is 0.161 e. The Morgan fingerprint density at radius 1 is 1.21 bits per heavy atom. The van der Waals surface area contributed by atoms with Gasteiger partial charge < -0.3 is 19.3 Å². The summed E-state index contributed by atoms with van der Waals surface area (Å²) in [5.74, 6) is 1.39. The predicted octanol–water partition coefficient (Wildman–Crippen LogP) is 3.28. The van der Waals surface area contributed by atoms with Crippen molar-refractivity contribution in [3.63, 3.8) is 0 Å². The van der Waals surface area contributed by atoms with Crippen LogP contribution in [0.1, 0.15) is 50.8 Å². The number of rotatable bonds is 5. The van der Waals surface area contributed by atoms with Crippen molar-refractivity contribution in [1.29, 1.82) is 0 Å². The van der Waals surface area contributed by atoms with E-state index < -0.39 is 12.3 Å². The molecule has 5 atom stereocenters. The van der Waals surface area contributed by atoms with Crippen LogP contribution in [0.15, 0.2) is 12.1 Å². The van der Waals surface area contributed by atoms with Gasteiger partial charge in [0, 0.05) is 25.0 Å². The summed E-state index contributed by atoms with van der Waals surface area (Å²) in [7, 11) is 1.63. The molecule has 1 aliphatic carbocycles. The molecule has 0 radical (unpaired) electrons. The van der Waals surface area contributed by atoms with Crippen LogP contribution in [-0.2, 0) is 11.2 Å². The van der Waals surface area contributed by atoms with E-state index in [0.717, 1.165) is 19.5 Å². The summed E-state index contributed by atoms with van der Waals surface area (Å²) < 4.78 is 30.7. The molecule has 28 heavy (non-hydrogen) atoms. The first kappa shape index (κ1) is 19.9. The minimum atomic E-state index is -0.718. The van der Waals surface area contributed by atoms with Crippen LogP contribution in [0.5, 0.6) is 11.5 Å². The smallest absolute Gasteiger partial charge is 0.161 e. The second-order valence-corrected chi connectivity index (χ2v) is 9.36. The molecule has 6 heteroatoms. The fourth-order valence-electron chi connectivity index (χ4n) is 4.41. The van der Waals surface area contributed by atoms with Gasteiger partial charge in [-0.15, -0.1) is 0 Å². The molecule has 0 amide bonds. The average Bonchev–Trinajstić information content (AvgIpc) is 3.34. The van der Waals surface area contributed by atoms with E-state index in [-0.39, 0.29) is 23.7 Å². The maximum atomic E-state index is 13.1. The van der Waals surface area contributed by atoms with Crippen molar-refractivity contribution in [2.45, 2.75) is 70.1 Å². The molecule has 5 unspecified atom stereocenters. The van der Waals surface area contributed by atoms with Crippen molar-refractivity contribution < 1.29 is 23.7 Å². The first-order valence-electron chi connectivity index (χ1n) is 10.3. The van der Waals surface area contributed by atoms with Crippen LogP contribution < -0.4 is 9.47 Å². The molecular weight excluding hydrogens is 361 g/mol. The van der Waals surface area contributed by atoms with Gasteiger partial charge in [-0.3, -0.25) is 4.90 Å². The highest BCUT2D eigenvalue weighted by Crippen LogP contribution is 2.43. The van der Waals surface area contributed by atoms with E-state index in [1.54, 1.807) is 7.11 Å². The molecule has 4 rings (SSSR count). The van der Waals surface area contributed by atoms with Gasteiger partial charge in [-0.25, -0.2) is 4.39 Å². The molecule has 3 aliphatic rings. The number of alkyl halides is 1. The summed E-state index contributed by atoms with van der Waals surface area (Å²) in [6.45, 7) is 8.12. The summed E-state index contributed by atoms with van der Waals surface area (Å²) in [5.41, 5.74) is 2.15. The molecular formula is C22H32FNO4. The number of ether oxygens (including phenoxy) is 3. The van der Waals surface area contributed by atoms with E-state index in [0.29, 0.717) is 30.9 Å². The average molecular weight is 393 g/mol.